The summed E-state index contributed by atoms with van der Waals surface area (Å²) in [7, 11) is -3.57. The summed E-state index contributed by atoms with van der Waals surface area (Å²) in [5.41, 5.74) is 5.29. The highest BCUT2D eigenvalue weighted by Gasteiger charge is 2.16. The van der Waals surface area contributed by atoms with E-state index >= 15 is 0 Å². The summed E-state index contributed by atoms with van der Waals surface area (Å²) >= 11 is 0. The van der Waals surface area contributed by atoms with Gasteiger partial charge in [0.15, 0.2) is 21.5 Å². The molecule has 0 aromatic heterocycles. The Hall–Kier alpha value is -2.22. The van der Waals surface area contributed by atoms with Gasteiger partial charge in [-0.15, -0.1) is 0 Å². The molecule has 0 heterocycles. The van der Waals surface area contributed by atoms with Crippen LogP contribution in [0.1, 0.15) is 0 Å². The lowest BCUT2D eigenvalue weighted by molar-refractivity contribution is 0.496. The second-order valence-electron chi connectivity index (χ2n) is 4.36. The van der Waals surface area contributed by atoms with E-state index in [1.807, 2.05) is 0 Å². The fourth-order valence-corrected chi connectivity index (χ4v) is 2.57. The number of nitrogen functional groups attached to an aromatic ring is 1. The number of sulfone groups is 1. The van der Waals surface area contributed by atoms with Gasteiger partial charge in [-0.3, -0.25) is 0 Å². The highest BCUT2D eigenvalue weighted by molar-refractivity contribution is 7.90. The van der Waals surface area contributed by atoms with Gasteiger partial charge in [0, 0.05) is 18.4 Å². The maximum atomic E-state index is 13.6. The van der Waals surface area contributed by atoms with Crippen molar-refractivity contribution in [1.29, 1.82) is 0 Å². The Morgan fingerprint density at radius 2 is 1.62 bits per heavy atom. The summed E-state index contributed by atoms with van der Waals surface area (Å²) < 4.78 is 62.6. The van der Waals surface area contributed by atoms with Crippen molar-refractivity contribution in [3.05, 3.63) is 47.8 Å². The smallest absolute Gasteiger partial charge is 0.177 e. The van der Waals surface area contributed by atoms with E-state index in [0.29, 0.717) is 12.1 Å². The molecule has 8 heteroatoms. The molecular weight excluding hydrogens is 305 g/mol. The van der Waals surface area contributed by atoms with Crippen molar-refractivity contribution in [2.45, 2.75) is 4.90 Å². The predicted octanol–water partition coefficient (Wildman–Crippen LogP) is 2.83. The van der Waals surface area contributed by atoms with Crippen molar-refractivity contribution in [2.75, 3.05) is 17.3 Å². The third-order valence-corrected chi connectivity index (χ3v) is 3.90. The lowest BCUT2D eigenvalue weighted by Gasteiger charge is -2.13. The predicted molar refractivity (Wildman–Crippen MR) is 73.6 cm³/mol. The Kier molecular flexibility index (Phi) is 3.82. The summed E-state index contributed by atoms with van der Waals surface area (Å²) in [6, 6.07) is 5.08. The molecule has 0 atom stereocenters. The van der Waals surface area contributed by atoms with Crippen LogP contribution in [-0.4, -0.2) is 14.7 Å². The van der Waals surface area contributed by atoms with E-state index in [2.05, 4.69) is 5.32 Å². The summed E-state index contributed by atoms with van der Waals surface area (Å²) in [6.45, 7) is 0. The van der Waals surface area contributed by atoms with Crippen LogP contribution in [0.2, 0.25) is 0 Å². The minimum atomic E-state index is -3.57. The third kappa shape index (κ3) is 3.10. The first-order valence-electron chi connectivity index (χ1n) is 5.70. The summed E-state index contributed by atoms with van der Waals surface area (Å²) in [5, 5.41) is 2.45. The largest absolute Gasteiger partial charge is 0.396 e. The maximum absolute atomic E-state index is 13.6. The van der Waals surface area contributed by atoms with Crippen LogP contribution in [0.15, 0.2) is 35.2 Å². The van der Waals surface area contributed by atoms with Gasteiger partial charge in [-0.05, 0) is 12.1 Å². The summed E-state index contributed by atoms with van der Waals surface area (Å²) in [5.74, 6) is -3.59. The zero-order valence-corrected chi connectivity index (χ0v) is 11.6. The molecule has 2 aromatic rings. The first-order chi connectivity index (χ1) is 9.70. The van der Waals surface area contributed by atoms with Crippen LogP contribution in [-0.2, 0) is 9.84 Å². The van der Waals surface area contributed by atoms with Gasteiger partial charge in [0.1, 0.15) is 5.82 Å². The molecule has 4 nitrogen and oxygen atoms in total. The molecule has 0 amide bonds. The molecule has 0 aliphatic carbocycles. The van der Waals surface area contributed by atoms with Crippen LogP contribution in [0.5, 0.6) is 0 Å². The highest BCUT2D eigenvalue weighted by atomic mass is 32.2. The Balaban J connectivity index is 2.49. The number of rotatable bonds is 3. The van der Waals surface area contributed by atoms with Crippen LogP contribution < -0.4 is 11.1 Å². The lowest BCUT2D eigenvalue weighted by atomic mass is 10.2. The zero-order valence-electron chi connectivity index (χ0n) is 10.8. The normalized spacial score (nSPS) is 11.4. The minimum absolute atomic E-state index is 0.0721. The number of nitrogens with two attached hydrogens (primary N) is 1. The van der Waals surface area contributed by atoms with E-state index in [1.54, 1.807) is 0 Å². The number of para-hydroxylation sites is 1. The standard InChI is InChI=1S/C13H11F3N2O2S/c1-21(19,20)12-4-2-3-10(13(12)17)18-11-6-8(15)7(14)5-9(11)16/h2-6,18H,17H2,1H3. The van der Waals surface area contributed by atoms with Gasteiger partial charge in [0.05, 0.1) is 22.0 Å². The van der Waals surface area contributed by atoms with Crippen LogP contribution in [0.25, 0.3) is 0 Å². The van der Waals surface area contributed by atoms with Crippen LogP contribution in [0.4, 0.5) is 30.2 Å². The fraction of sp³-hybridized carbons (Fsp3) is 0.0769. The quantitative estimate of drug-likeness (QED) is 0.675. The Labute approximate surface area is 119 Å². The number of nitrogens with one attached hydrogen (secondary N) is 1. The van der Waals surface area contributed by atoms with Crippen molar-refractivity contribution in [3.8, 4) is 0 Å². The fourth-order valence-electron chi connectivity index (χ4n) is 1.74. The Morgan fingerprint density at radius 3 is 2.24 bits per heavy atom. The third-order valence-electron chi connectivity index (χ3n) is 2.74. The molecule has 3 N–H and O–H groups in total. The van der Waals surface area contributed by atoms with E-state index < -0.39 is 27.3 Å². The number of halogens is 3. The molecule has 0 saturated heterocycles. The van der Waals surface area contributed by atoms with Gasteiger partial charge in [-0.2, -0.15) is 0 Å². The van der Waals surface area contributed by atoms with Gasteiger partial charge in [-0.1, -0.05) is 6.07 Å². The molecule has 2 rings (SSSR count). The van der Waals surface area contributed by atoms with E-state index in [4.69, 9.17) is 5.73 Å². The molecular formula is C13H11F3N2O2S. The second-order valence-corrected chi connectivity index (χ2v) is 6.34. The van der Waals surface area contributed by atoms with E-state index in [-0.39, 0.29) is 22.0 Å². The van der Waals surface area contributed by atoms with Crippen molar-refractivity contribution < 1.29 is 21.6 Å². The van der Waals surface area contributed by atoms with Gasteiger partial charge in [0.25, 0.3) is 0 Å². The van der Waals surface area contributed by atoms with Crippen LogP contribution >= 0.6 is 0 Å². The SMILES string of the molecule is CS(=O)(=O)c1cccc(Nc2cc(F)c(F)cc2F)c1N. The maximum Gasteiger partial charge on any atom is 0.177 e. The Morgan fingerprint density at radius 1 is 1.00 bits per heavy atom. The van der Waals surface area contributed by atoms with Crippen molar-refractivity contribution >= 4 is 26.9 Å². The number of hydrogen-bond acceptors (Lipinski definition) is 4. The van der Waals surface area contributed by atoms with Gasteiger partial charge in [-0.25, -0.2) is 21.6 Å². The number of benzene rings is 2. The number of hydrogen-bond donors (Lipinski definition) is 2. The average Bonchev–Trinajstić information content (AvgIpc) is 2.36. The molecule has 0 aliphatic heterocycles. The van der Waals surface area contributed by atoms with Gasteiger partial charge >= 0.3 is 0 Å². The van der Waals surface area contributed by atoms with Crippen LogP contribution in [0, 0.1) is 17.5 Å². The van der Waals surface area contributed by atoms with E-state index in [1.165, 1.54) is 18.2 Å². The highest BCUT2D eigenvalue weighted by Crippen LogP contribution is 2.30. The molecule has 0 bridgehead atoms. The molecule has 0 spiro atoms. The molecule has 21 heavy (non-hydrogen) atoms. The molecule has 0 saturated carbocycles. The number of anilines is 3. The van der Waals surface area contributed by atoms with Crippen molar-refractivity contribution in [3.63, 3.8) is 0 Å². The topological polar surface area (TPSA) is 72.2 Å². The molecule has 112 valence electrons. The first kappa shape index (κ1) is 15.2. The van der Waals surface area contributed by atoms with E-state index in [0.717, 1.165) is 6.26 Å². The average molecular weight is 316 g/mol. The van der Waals surface area contributed by atoms with Crippen molar-refractivity contribution in [2.24, 2.45) is 0 Å². The zero-order chi connectivity index (χ0) is 15.8. The molecule has 2 aromatic carbocycles. The van der Waals surface area contributed by atoms with Crippen LogP contribution in [0.3, 0.4) is 0 Å². The monoisotopic (exact) mass is 316 g/mol. The Bertz CT molecular complexity index is 807. The van der Waals surface area contributed by atoms with E-state index in [9.17, 15) is 21.6 Å². The summed E-state index contributed by atoms with van der Waals surface area (Å²) in [6.07, 6.45) is 0.973. The summed E-state index contributed by atoms with van der Waals surface area (Å²) in [4.78, 5) is -0.143. The molecule has 0 unspecified atom stereocenters. The van der Waals surface area contributed by atoms with Gasteiger partial charge < -0.3 is 11.1 Å². The molecule has 0 fully saturated rings. The van der Waals surface area contributed by atoms with Crippen molar-refractivity contribution in [1.82, 2.24) is 0 Å². The molecule has 0 radical (unpaired) electrons. The second kappa shape index (κ2) is 5.28. The van der Waals surface area contributed by atoms with Gasteiger partial charge in [0.2, 0.25) is 0 Å². The first-order valence-corrected chi connectivity index (χ1v) is 7.59. The molecule has 0 aliphatic rings. The lowest BCUT2D eigenvalue weighted by Crippen LogP contribution is -2.06. The minimum Gasteiger partial charge on any atom is -0.396 e.